The summed E-state index contributed by atoms with van der Waals surface area (Å²) in [5.74, 6) is -0.353. The Morgan fingerprint density at radius 1 is 1.42 bits per heavy atom. The standard InChI is InChI=1S/C14H17NO4/c1-17-13(16)12-10-14(11-6-3-2-4-7-11)15(19-12)8-5-9-18-14/h2-4,6-7,12H,5,8-10H2,1H3/t12-,14-/m0/s1. The second-order valence-corrected chi connectivity index (χ2v) is 4.78. The Labute approximate surface area is 112 Å². The first kappa shape index (κ1) is 12.6. The van der Waals surface area contributed by atoms with Crippen LogP contribution in [0.15, 0.2) is 30.3 Å². The summed E-state index contributed by atoms with van der Waals surface area (Å²) < 4.78 is 10.8. The minimum Gasteiger partial charge on any atom is -0.467 e. The Balaban J connectivity index is 1.94. The molecule has 2 heterocycles. The van der Waals surface area contributed by atoms with Gasteiger partial charge in [0.25, 0.3) is 0 Å². The maximum absolute atomic E-state index is 11.7. The van der Waals surface area contributed by atoms with Gasteiger partial charge in [-0.3, -0.25) is 4.84 Å². The van der Waals surface area contributed by atoms with Gasteiger partial charge in [-0.05, 0) is 6.42 Å². The molecule has 2 atom stereocenters. The minimum absolute atomic E-state index is 0.353. The maximum Gasteiger partial charge on any atom is 0.337 e. The molecule has 2 saturated heterocycles. The molecule has 1 aromatic carbocycles. The van der Waals surface area contributed by atoms with Crippen molar-refractivity contribution in [3.05, 3.63) is 35.9 Å². The van der Waals surface area contributed by atoms with Gasteiger partial charge in [0, 0.05) is 18.5 Å². The third-order valence-corrected chi connectivity index (χ3v) is 3.65. The molecule has 5 heteroatoms. The van der Waals surface area contributed by atoms with Crippen LogP contribution in [-0.4, -0.2) is 37.4 Å². The van der Waals surface area contributed by atoms with Crippen molar-refractivity contribution in [2.24, 2.45) is 0 Å². The number of hydrogen-bond acceptors (Lipinski definition) is 5. The van der Waals surface area contributed by atoms with Crippen molar-refractivity contribution in [2.45, 2.75) is 24.7 Å². The van der Waals surface area contributed by atoms with Gasteiger partial charge in [-0.25, -0.2) is 4.79 Å². The largest absolute Gasteiger partial charge is 0.467 e. The number of rotatable bonds is 2. The highest BCUT2D eigenvalue weighted by Crippen LogP contribution is 2.43. The van der Waals surface area contributed by atoms with E-state index in [0.29, 0.717) is 13.0 Å². The highest BCUT2D eigenvalue weighted by atomic mass is 16.8. The molecule has 0 aliphatic carbocycles. The molecular formula is C14H17NO4. The number of fused-ring (bicyclic) bond motifs is 1. The van der Waals surface area contributed by atoms with Crippen LogP contribution in [0.25, 0.3) is 0 Å². The van der Waals surface area contributed by atoms with Crippen LogP contribution in [0.5, 0.6) is 0 Å². The highest BCUT2D eigenvalue weighted by molar-refractivity contribution is 5.75. The Kier molecular flexibility index (Phi) is 3.26. The molecule has 102 valence electrons. The average molecular weight is 263 g/mol. The molecule has 3 rings (SSSR count). The molecule has 0 aromatic heterocycles. The van der Waals surface area contributed by atoms with E-state index in [1.54, 1.807) is 5.06 Å². The van der Waals surface area contributed by atoms with Crippen molar-refractivity contribution in [2.75, 3.05) is 20.3 Å². The average Bonchev–Trinajstić information content (AvgIpc) is 2.88. The second-order valence-electron chi connectivity index (χ2n) is 4.78. The zero-order chi connectivity index (χ0) is 13.3. The van der Waals surface area contributed by atoms with Crippen LogP contribution in [0.3, 0.4) is 0 Å². The van der Waals surface area contributed by atoms with E-state index in [4.69, 9.17) is 14.3 Å². The summed E-state index contributed by atoms with van der Waals surface area (Å²) in [4.78, 5) is 17.4. The van der Waals surface area contributed by atoms with Gasteiger partial charge in [-0.15, -0.1) is 0 Å². The summed E-state index contributed by atoms with van der Waals surface area (Å²) in [6.45, 7) is 1.42. The zero-order valence-electron chi connectivity index (χ0n) is 10.9. The van der Waals surface area contributed by atoms with Crippen molar-refractivity contribution in [3.63, 3.8) is 0 Å². The predicted molar refractivity (Wildman–Crippen MR) is 66.9 cm³/mol. The van der Waals surface area contributed by atoms with Crippen molar-refractivity contribution in [1.29, 1.82) is 0 Å². The van der Waals surface area contributed by atoms with E-state index < -0.39 is 11.8 Å². The fraction of sp³-hybridized carbons (Fsp3) is 0.500. The number of carbonyl (C=O) groups excluding carboxylic acids is 1. The molecule has 5 nitrogen and oxygen atoms in total. The highest BCUT2D eigenvalue weighted by Gasteiger charge is 2.53. The van der Waals surface area contributed by atoms with E-state index in [1.807, 2.05) is 30.3 Å². The zero-order valence-corrected chi connectivity index (χ0v) is 10.9. The minimum atomic E-state index is -0.654. The van der Waals surface area contributed by atoms with Crippen molar-refractivity contribution in [1.82, 2.24) is 5.06 Å². The van der Waals surface area contributed by atoms with E-state index in [1.165, 1.54) is 7.11 Å². The lowest BCUT2D eigenvalue weighted by atomic mass is 9.95. The first-order valence-corrected chi connectivity index (χ1v) is 6.48. The van der Waals surface area contributed by atoms with Crippen molar-refractivity contribution >= 4 is 5.97 Å². The monoisotopic (exact) mass is 263 g/mol. The molecule has 2 aliphatic rings. The smallest absolute Gasteiger partial charge is 0.337 e. The molecular weight excluding hydrogens is 246 g/mol. The lowest BCUT2D eigenvalue weighted by molar-refractivity contribution is -0.292. The Morgan fingerprint density at radius 3 is 2.95 bits per heavy atom. The fourth-order valence-electron chi connectivity index (χ4n) is 2.74. The lowest BCUT2D eigenvalue weighted by Gasteiger charge is -2.40. The van der Waals surface area contributed by atoms with Crippen LogP contribution >= 0.6 is 0 Å². The molecule has 2 aliphatic heterocycles. The number of benzene rings is 1. The van der Waals surface area contributed by atoms with Crippen LogP contribution in [0.2, 0.25) is 0 Å². The third kappa shape index (κ3) is 2.04. The summed E-state index contributed by atoms with van der Waals surface area (Å²) in [6, 6.07) is 9.89. The van der Waals surface area contributed by atoms with Crippen LogP contribution in [0.1, 0.15) is 18.4 Å². The van der Waals surface area contributed by atoms with Crippen molar-refractivity contribution in [3.8, 4) is 0 Å². The lowest BCUT2D eigenvalue weighted by Crippen LogP contribution is -2.47. The molecule has 19 heavy (non-hydrogen) atoms. The predicted octanol–water partition coefficient (Wildman–Crippen LogP) is 1.44. The van der Waals surface area contributed by atoms with E-state index >= 15 is 0 Å². The van der Waals surface area contributed by atoms with E-state index in [2.05, 4.69) is 0 Å². The SMILES string of the molecule is COC(=O)[C@@H]1C[C@@]2(c3ccccc3)OCCCN2O1. The third-order valence-electron chi connectivity index (χ3n) is 3.65. The van der Waals surface area contributed by atoms with Crippen LogP contribution in [0, 0.1) is 0 Å². The fourth-order valence-corrected chi connectivity index (χ4v) is 2.74. The van der Waals surface area contributed by atoms with Gasteiger partial charge in [0.2, 0.25) is 0 Å². The van der Waals surface area contributed by atoms with E-state index in [0.717, 1.165) is 18.5 Å². The molecule has 1 aromatic rings. The summed E-state index contributed by atoms with van der Waals surface area (Å²) in [5.41, 5.74) is 0.361. The molecule has 0 spiro atoms. The molecule has 0 N–H and O–H groups in total. The first-order chi connectivity index (χ1) is 9.26. The van der Waals surface area contributed by atoms with Gasteiger partial charge in [0.1, 0.15) is 0 Å². The van der Waals surface area contributed by atoms with Crippen LogP contribution < -0.4 is 0 Å². The van der Waals surface area contributed by atoms with Gasteiger partial charge in [-0.2, -0.15) is 5.06 Å². The first-order valence-electron chi connectivity index (χ1n) is 6.48. The summed E-state index contributed by atoms with van der Waals surface area (Å²) in [5, 5.41) is 1.79. The van der Waals surface area contributed by atoms with Gasteiger partial charge in [0.05, 0.1) is 13.7 Å². The molecule has 0 amide bonds. The number of hydroxylamine groups is 2. The maximum atomic E-state index is 11.7. The van der Waals surface area contributed by atoms with Gasteiger partial charge < -0.3 is 9.47 Å². The molecule has 0 radical (unpaired) electrons. The van der Waals surface area contributed by atoms with Crippen molar-refractivity contribution < 1.29 is 19.1 Å². The molecule has 0 saturated carbocycles. The number of methoxy groups -OCH3 is 1. The molecule has 2 fully saturated rings. The Bertz CT molecular complexity index is 464. The summed E-state index contributed by atoms with van der Waals surface area (Å²) in [7, 11) is 1.37. The number of carbonyl (C=O) groups is 1. The van der Waals surface area contributed by atoms with Gasteiger partial charge in [-0.1, -0.05) is 30.3 Å². The molecule has 0 bridgehead atoms. The number of nitrogens with zero attached hydrogens (tertiary/aromatic N) is 1. The van der Waals surface area contributed by atoms with E-state index in [-0.39, 0.29) is 5.97 Å². The number of hydrogen-bond donors (Lipinski definition) is 0. The second kappa shape index (κ2) is 4.92. The summed E-state index contributed by atoms with van der Waals surface area (Å²) >= 11 is 0. The number of ether oxygens (including phenoxy) is 2. The Hall–Kier alpha value is -1.43. The van der Waals surface area contributed by atoms with Gasteiger partial charge in [0.15, 0.2) is 11.8 Å². The summed E-state index contributed by atoms with van der Waals surface area (Å²) in [6.07, 6.45) is 0.759. The van der Waals surface area contributed by atoms with Crippen LogP contribution in [-0.2, 0) is 24.8 Å². The Morgan fingerprint density at radius 2 is 2.21 bits per heavy atom. The van der Waals surface area contributed by atoms with E-state index in [9.17, 15) is 4.79 Å². The topological polar surface area (TPSA) is 48.0 Å². The normalized spacial score (nSPS) is 30.9. The number of esters is 1. The van der Waals surface area contributed by atoms with Crippen LogP contribution in [0.4, 0.5) is 0 Å². The quantitative estimate of drug-likeness (QED) is 0.756. The molecule has 0 unspecified atom stereocenters. The van der Waals surface area contributed by atoms with Gasteiger partial charge >= 0.3 is 5.97 Å².